The van der Waals surface area contributed by atoms with Gasteiger partial charge in [-0.2, -0.15) is 0 Å². The molecule has 0 spiro atoms. The van der Waals surface area contributed by atoms with Gasteiger partial charge in [0, 0.05) is 12.6 Å². The molecule has 0 amide bonds. The van der Waals surface area contributed by atoms with Crippen LogP contribution in [0.25, 0.3) is 0 Å². The molecule has 0 radical (unpaired) electrons. The van der Waals surface area contributed by atoms with Crippen molar-refractivity contribution < 1.29 is 14.4 Å². The van der Waals surface area contributed by atoms with E-state index in [0.717, 1.165) is 25.9 Å². The maximum atomic E-state index is 10.5. The molecule has 0 unspecified atom stereocenters. The molecule has 5 nitrogen and oxygen atoms in total. The maximum Gasteiger partial charge on any atom is 0.326 e. The Morgan fingerprint density at radius 2 is 2.00 bits per heavy atom. The summed E-state index contributed by atoms with van der Waals surface area (Å²) in [6.45, 7) is 2.40. The summed E-state index contributed by atoms with van der Waals surface area (Å²) in [5.74, 6) is 0. The van der Waals surface area contributed by atoms with E-state index in [1.165, 1.54) is 0 Å². The number of nitrogens with one attached hydrogen (secondary N) is 2. The molecule has 1 heterocycles. The number of piperidine rings is 1. The lowest BCUT2D eigenvalue weighted by molar-refractivity contribution is 0.362. The molecule has 0 aliphatic carbocycles. The fourth-order valence-corrected chi connectivity index (χ4v) is 1.86. The van der Waals surface area contributed by atoms with Crippen molar-refractivity contribution >= 4 is 7.60 Å². The van der Waals surface area contributed by atoms with Crippen LogP contribution in [0.3, 0.4) is 0 Å². The van der Waals surface area contributed by atoms with Crippen LogP contribution in [-0.4, -0.2) is 41.6 Å². The highest BCUT2D eigenvalue weighted by Crippen LogP contribution is 2.32. The third kappa shape index (κ3) is 5.39. The van der Waals surface area contributed by atoms with Gasteiger partial charge in [0.25, 0.3) is 0 Å². The maximum absolute atomic E-state index is 10.5. The molecule has 1 saturated heterocycles. The van der Waals surface area contributed by atoms with Crippen LogP contribution in [0, 0.1) is 0 Å². The summed E-state index contributed by atoms with van der Waals surface area (Å²) >= 11 is 0. The first kappa shape index (κ1) is 11.1. The Kier molecular flexibility index (Phi) is 4.35. The van der Waals surface area contributed by atoms with E-state index in [1.54, 1.807) is 0 Å². The normalized spacial score (nSPS) is 20.5. The first-order chi connectivity index (χ1) is 6.08. The van der Waals surface area contributed by atoms with Crippen molar-refractivity contribution in [2.45, 2.75) is 18.9 Å². The molecule has 1 aliphatic heterocycles. The van der Waals surface area contributed by atoms with Gasteiger partial charge in [-0.25, -0.2) is 0 Å². The van der Waals surface area contributed by atoms with Gasteiger partial charge in [-0.1, -0.05) is 0 Å². The predicted octanol–water partition coefficient (Wildman–Crippen LogP) is -0.494. The zero-order valence-corrected chi connectivity index (χ0v) is 8.46. The Balaban J connectivity index is 2.08. The van der Waals surface area contributed by atoms with Crippen LogP contribution < -0.4 is 10.6 Å². The number of hydrogen-bond donors (Lipinski definition) is 4. The molecule has 0 aromatic carbocycles. The lowest BCUT2D eigenvalue weighted by Gasteiger charge is -2.23. The highest BCUT2D eigenvalue weighted by atomic mass is 31.2. The summed E-state index contributed by atoms with van der Waals surface area (Å²) in [6, 6.07) is 0.424. The van der Waals surface area contributed by atoms with Crippen LogP contribution in [0.1, 0.15) is 12.8 Å². The Morgan fingerprint density at radius 3 is 2.54 bits per heavy atom. The van der Waals surface area contributed by atoms with Gasteiger partial charge in [0.05, 0.1) is 6.16 Å². The number of rotatable bonds is 4. The summed E-state index contributed by atoms with van der Waals surface area (Å²) < 4.78 is 10.5. The van der Waals surface area contributed by atoms with Crippen LogP contribution in [0.4, 0.5) is 0 Å². The summed E-state index contributed by atoms with van der Waals surface area (Å²) in [5, 5.41) is 6.37. The molecule has 0 aromatic heterocycles. The zero-order chi connectivity index (χ0) is 9.73. The van der Waals surface area contributed by atoms with Gasteiger partial charge in [-0.05, 0) is 25.9 Å². The summed E-state index contributed by atoms with van der Waals surface area (Å²) in [5.41, 5.74) is 0. The van der Waals surface area contributed by atoms with E-state index in [-0.39, 0.29) is 6.16 Å². The van der Waals surface area contributed by atoms with Crippen LogP contribution >= 0.6 is 7.60 Å². The topological polar surface area (TPSA) is 81.6 Å². The first-order valence-corrected chi connectivity index (χ1v) is 6.36. The molecule has 0 bridgehead atoms. The summed E-state index contributed by atoms with van der Waals surface area (Å²) in [4.78, 5) is 17.2. The first-order valence-electron chi connectivity index (χ1n) is 4.56. The molecule has 6 heteroatoms. The summed E-state index contributed by atoms with van der Waals surface area (Å²) in [7, 11) is -3.81. The van der Waals surface area contributed by atoms with Gasteiger partial charge < -0.3 is 20.4 Å². The highest BCUT2D eigenvalue weighted by Gasteiger charge is 2.15. The van der Waals surface area contributed by atoms with Crippen LogP contribution in [0.2, 0.25) is 0 Å². The third-order valence-electron chi connectivity index (χ3n) is 2.18. The highest BCUT2D eigenvalue weighted by molar-refractivity contribution is 7.51. The second-order valence-electron chi connectivity index (χ2n) is 3.37. The van der Waals surface area contributed by atoms with Crippen molar-refractivity contribution in [3.63, 3.8) is 0 Å². The van der Waals surface area contributed by atoms with Crippen molar-refractivity contribution in [2.24, 2.45) is 0 Å². The molecule has 4 N–H and O–H groups in total. The van der Waals surface area contributed by atoms with Crippen molar-refractivity contribution in [1.29, 1.82) is 0 Å². The number of hydrogen-bond acceptors (Lipinski definition) is 3. The quantitative estimate of drug-likeness (QED) is 0.468. The molecule has 0 aromatic rings. The summed E-state index contributed by atoms with van der Waals surface area (Å²) in [6.07, 6.45) is 2.03. The Bertz CT molecular complexity index is 188. The van der Waals surface area contributed by atoms with Gasteiger partial charge in [-0.15, -0.1) is 0 Å². The predicted molar refractivity (Wildman–Crippen MR) is 50.8 cm³/mol. The van der Waals surface area contributed by atoms with Gasteiger partial charge in [0.2, 0.25) is 0 Å². The lowest BCUT2D eigenvalue weighted by Crippen LogP contribution is -2.40. The second kappa shape index (κ2) is 5.08. The van der Waals surface area contributed by atoms with E-state index in [4.69, 9.17) is 9.79 Å². The molecular weight excluding hydrogens is 191 g/mol. The fraction of sp³-hybridized carbons (Fsp3) is 1.00. The molecular formula is C7H17N2O3P. The molecule has 1 aliphatic rings. The smallest absolute Gasteiger partial charge is 0.324 e. The van der Waals surface area contributed by atoms with E-state index in [0.29, 0.717) is 12.6 Å². The van der Waals surface area contributed by atoms with Crippen molar-refractivity contribution in [2.75, 3.05) is 25.8 Å². The van der Waals surface area contributed by atoms with Crippen molar-refractivity contribution in [3.8, 4) is 0 Å². The molecule has 1 fully saturated rings. The molecule has 1 rings (SSSR count). The van der Waals surface area contributed by atoms with Crippen LogP contribution in [0.5, 0.6) is 0 Å². The molecule has 78 valence electrons. The minimum absolute atomic E-state index is 0.0586. The fourth-order valence-electron chi connectivity index (χ4n) is 1.44. The Hall–Kier alpha value is 0.0700. The molecule has 0 atom stereocenters. The van der Waals surface area contributed by atoms with Crippen LogP contribution in [0.15, 0.2) is 0 Å². The van der Waals surface area contributed by atoms with Gasteiger partial charge in [-0.3, -0.25) is 4.57 Å². The third-order valence-corrected chi connectivity index (χ3v) is 2.98. The average Bonchev–Trinajstić information content (AvgIpc) is 2.04. The second-order valence-corrected chi connectivity index (χ2v) is 5.14. The lowest BCUT2D eigenvalue weighted by atomic mass is 10.1. The Morgan fingerprint density at radius 1 is 1.38 bits per heavy atom. The standard InChI is InChI=1S/C7H17N2O3P/c10-13(11,12)6-5-9-7-1-3-8-4-2-7/h7-9H,1-6H2,(H2,10,11,12). The van der Waals surface area contributed by atoms with Gasteiger partial charge >= 0.3 is 7.60 Å². The van der Waals surface area contributed by atoms with Crippen molar-refractivity contribution in [1.82, 2.24) is 10.6 Å². The molecule has 0 saturated carbocycles. The zero-order valence-electron chi connectivity index (χ0n) is 7.57. The largest absolute Gasteiger partial charge is 0.326 e. The SMILES string of the molecule is O=P(O)(O)CCNC1CCNCC1. The minimum Gasteiger partial charge on any atom is -0.324 e. The monoisotopic (exact) mass is 208 g/mol. The van der Waals surface area contributed by atoms with E-state index in [1.807, 2.05) is 0 Å². The van der Waals surface area contributed by atoms with Gasteiger partial charge in [0.1, 0.15) is 0 Å². The molecule has 13 heavy (non-hydrogen) atoms. The average molecular weight is 208 g/mol. The minimum atomic E-state index is -3.81. The van der Waals surface area contributed by atoms with Crippen molar-refractivity contribution in [3.05, 3.63) is 0 Å². The van der Waals surface area contributed by atoms with E-state index >= 15 is 0 Å². The van der Waals surface area contributed by atoms with E-state index < -0.39 is 7.60 Å². The van der Waals surface area contributed by atoms with E-state index in [9.17, 15) is 4.57 Å². The van der Waals surface area contributed by atoms with Gasteiger partial charge in [0.15, 0.2) is 0 Å². The van der Waals surface area contributed by atoms with E-state index in [2.05, 4.69) is 10.6 Å². The Labute approximate surface area is 78.1 Å². The van der Waals surface area contributed by atoms with Crippen LogP contribution in [-0.2, 0) is 4.57 Å².